The number of rotatable bonds is 5. The minimum Gasteiger partial charge on any atom is -0.307 e. The van der Waals surface area contributed by atoms with Crippen molar-refractivity contribution in [3.8, 4) is 34.4 Å². The molecule has 0 radical (unpaired) electrons. The molecule has 55 heavy (non-hydrogen) atoms. The van der Waals surface area contributed by atoms with Gasteiger partial charge in [0, 0.05) is 44.3 Å². The Kier molecular flexibility index (Phi) is 7.14. The molecule has 6 aromatic carbocycles. The lowest BCUT2D eigenvalue weighted by Crippen LogP contribution is -2.15. The lowest BCUT2D eigenvalue weighted by Gasteiger charge is -2.28. The fourth-order valence-corrected chi connectivity index (χ4v) is 8.70. The van der Waals surface area contributed by atoms with E-state index >= 15 is 0 Å². The zero-order chi connectivity index (χ0) is 36.5. The van der Waals surface area contributed by atoms with Crippen LogP contribution in [0.2, 0.25) is 0 Å². The molecular formula is C50H35N5. The molecule has 0 saturated carbocycles. The maximum Gasteiger partial charge on any atom is 0.238 e. The number of hydrogen-bond donors (Lipinski definition) is 0. The van der Waals surface area contributed by atoms with Gasteiger partial charge in [-0.15, -0.1) is 0 Å². The number of hydrogen-bond acceptors (Lipinski definition) is 3. The van der Waals surface area contributed by atoms with Crippen molar-refractivity contribution in [1.29, 1.82) is 0 Å². The third kappa shape index (κ3) is 4.97. The smallest absolute Gasteiger partial charge is 0.238 e. The van der Waals surface area contributed by atoms with Gasteiger partial charge in [-0.1, -0.05) is 159 Å². The van der Waals surface area contributed by atoms with Crippen LogP contribution < -0.4 is 0 Å². The van der Waals surface area contributed by atoms with Crippen LogP contribution >= 0.6 is 0 Å². The van der Waals surface area contributed by atoms with Crippen molar-refractivity contribution in [1.82, 2.24) is 24.1 Å². The topological polar surface area (TPSA) is 48.5 Å². The molecule has 5 heteroatoms. The molecule has 0 N–H and O–H groups in total. The Balaban J connectivity index is 1.21. The van der Waals surface area contributed by atoms with Crippen LogP contribution in [0, 0.1) is 11.8 Å². The summed E-state index contributed by atoms with van der Waals surface area (Å²) in [5, 5.41) is 4.66. The van der Waals surface area contributed by atoms with Crippen LogP contribution in [0.25, 0.3) is 83.6 Å². The Bertz CT molecular complexity index is 3100. The highest BCUT2D eigenvalue weighted by Gasteiger charge is 2.26. The molecular weight excluding hydrogens is 671 g/mol. The van der Waals surface area contributed by atoms with E-state index in [1.807, 2.05) is 18.2 Å². The average molecular weight is 706 g/mol. The predicted octanol–water partition coefficient (Wildman–Crippen LogP) is 12.1. The second-order valence-corrected chi connectivity index (χ2v) is 14.5. The Labute approximate surface area is 318 Å². The van der Waals surface area contributed by atoms with E-state index in [4.69, 9.17) is 15.0 Å². The lowest BCUT2D eigenvalue weighted by molar-refractivity contribution is 0.585. The van der Waals surface area contributed by atoms with Gasteiger partial charge in [0.25, 0.3) is 0 Å². The summed E-state index contributed by atoms with van der Waals surface area (Å²) < 4.78 is 4.65. The molecule has 0 bridgehead atoms. The van der Waals surface area contributed by atoms with E-state index in [-0.39, 0.29) is 0 Å². The second kappa shape index (κ2) is 12.5. The number of benzene rings is 6. The van der Waals surface area contributed by atoms with Crippen LogP contribution in [0.4, 0.5) is 0 Å². The highest BCUT2D eigenvalue weighted by molar-refractivity contribution is 6.23. The molecule has 2 unspecified atom stereocenters. The largest absolute Gasteiger partial charge is 0.307 e. The summed E-state index contributed by atoms with van der Waals surface area (Å²) in [6, 6.07) is 51.3. The van der Waals surface area contributed by atoms with Gasteiger partial charge in [0.2, 0.25) is 5.95 Å². The van der Waals surface area contributed by atoms with Gasteiger partial charge in [0.05, 0.1) is 22.1 Å². The molecule has 0 spiro atoms. The highest BCUT2D eigenvalue weighted by Crippen LogP contribution is 2.42. The number of aromatic nitrogens is 5. The lowest BCUT2D eigenvalue weighted by atomic mass is 9.76. The Morgan fingerprint density at radius 1 is 0.473 bits per heavy atom. The van der Waals surface area contributed by atoms with Gasteiger partial charge in [-0.05, 0) is 53.0 Å². The molecule has 2 aliphatic carbocycles. The molecule has 0 aliphatic heterocycles. The summed E-state index contributed by atoms with van der Waals surface area (Å²) in [6.45, 7) is 2.29. The standard InChI is InChI=1S/C50H35N5/c1-32-27-28-38(39-22-9-8-21-37(32)39)34-17-14-18-35(31-34)49-51-48(33-15-4-2-5-16-33)52-50(53-49)55-45-26-13-11-24-41(45)43-30-29-42-40-23-10-12-25-44(40)54(46(42)47(43)55)36-19-6-3-7-20-36/h2-32,37H,1H3. The molecule has 260 valence electrons. The quantitative estimate of drug-likeness (QED) is 0.179. The molecule has 3 aromatic heterocycles. The fourth-order valence-electron chi connectivity index (χ4n) is 8.70. The summed E-state index contributed by atoms with van der Waals surface area (Å²) in [7, 11) is 0. The minimum absolute atomic E-state index is 0.362. The van der Waals surface area contributed by atoms with Crippen molar-refractivity contribution in [2.45, 2.75) is 6.92 Å². The fraction of sp³-hybridized carbons (Fsp3) is 0.0600. The van der Waals surface area contributed by atoms with Crippen molar-refractivity contribution in [3.63, 3.8) is 0 Å². The van der Waals surface area contributed by atoms with E-state index in [1.54, 1.807) is 0 Å². The summed E-state index contributed by atoms with van der Waals surface area (Å²) in [4.78, 5) is 15.9. The average Bonchev–Trinajstić information content (AvgIpc) is 3.78. The van der Waals surface area contributed by atoms with Gasteiger partial charge >= 0.3 is 0 Å². The zero-order valence-corrected chi connectivity index (χ0v) is 30.2. The van der Waals surface area contributed by atoms with Crippen molar-refractivity contribution >= 4 is 49.2 Å². The molecule has 0 amide bonds. The van der Waals surface area contributed by atoms with E-state index < -0.39 is 0 Å². The van der Waals surface area contributed by atoms with Gasteiger partial charge < -0.3 is 4.57 Å². The number of para-hydroxylation sites is 3. The first kappa shape index (κ1) is 31.4. The Hall–Kier alpha value is -7.11. The predicted molar refractivity (Wildman–Crippen MR) is 226 cm³/mol. The first-order valence-corrected chi connectivity index (χ1v) is 18.9. The summed E-state index contributed by atoms with van der Waals surface area (Å²) in [5.41, 5.74) is 11.1. The third-order valence-electron chi connectivity index (χ3n) is 11.3. The van der Waals surface area contributed by atoms with E-state index in [2.05, 4.69) is 180 Å². The van der Waals surface area contributed by atoms with Gasteiger partial charge in [0.1, 0.15) is 0 Å². The van der Waals surface area contributed by atoms with Crippen molar-refractivity contribution < 1.29 is 0 Å². The van der Waals surface area contributed by atoms with Crippen LogP contribution in [-0.4, -0.2) is 24.1 Å². The van der Waals surface area contributed by atoms with E-state index in [1.165, 1.54) is 21.9 Å². The maximum atomic E-state index is 5.39. The van der Waals surface area contributed by atoms with Crippen LogP contribution in [0.3, 0.4) is 0 Å². The number of nitrogens with zero attached hydrogens (tertiary/aromatic N) is 5. The van der Waals surface area contributed by atoms with Crippen LogP contribution in [0.15, 0.2) is 188 Å². The second-order valence-electron chi connectivity index (χ2n) is 14.5. The Morgan fingerprint density at radius 3 is 1.82 bits per heavy atom. The molecule has 9 aromatic rings. The molecule has 3 heterocycles. The van der Waals surface area contributed by atoms with Gasteiger partial charge in [-0.25, -0.2) is 4.98 Å². The van der Waals surface area contributed by atoms with Crippen LogP contribution in [0.1, 0.15) is 12.5 Å². The van der Waals surface area contributed by atoms with E-state index in [0.29, 0.717) is 29.4 Å². The van der Waals surface area contributed by atoms with Crippen LogP contribution in [-0.2, 0) is 0 Å². The summed E-state index contributed by atoms with van der Waals surface area (Å²) >= 11 is 0. The normalized spacial score (nSPS) is 16.5. The highest BCUT2D eigenvalue weighted by atomic mass is 15.2. The van der Waals surface area contributed by atoms with Crippen molar-refractivity contribution in [2.24, 2.45) is 11.8 Å². The first-order valence-electron chi connectivity index (χ1n) is 18.9. The van der Waals surface area contributed by atoms with Crippen molar-refractivity contribution in [3.05, 3.63) is 193 Å². The molecule has 2 atom stereocenters. The molecule has 11 rings (SSSR count). The summed E-state index contributed by atoms with van der Waals surface area (Å²) in [5.74, 6) is 2.64. The van der Waals surface area contributed by atoms with Gasteiger partial charge in [-0.2, -0.15) is 9.97 Å². The van der Waals surface area contributed by atoms with Gasteiger partial charge in [-0.3, -0.25) is 4.57 Å². The molecule has 0 saturated heterocycles. The summed E-state index contributed by atoms with van der Waals surface area (Å²) in [6.07, 6.45) is 13.5. The van der Waals surface area contributed by atoms with Crippen molar-refractivity contribution in [2.75, 3.05) is 0 Å². The van der Waals surface area contributed by atoms with E-state index in [9.17, 15) is 0 Å². The Morgan fingerprint density at radius 2 is 1.07 bits per heavy atom. The van der Waals surface area contributed by atoms with Crippen LogP contribution in [0.5, 0.6) is 0 Å². The minimum atomic E-state index is 0.362. The molecule has 2 aliphatic rings. The third-order valence-corrected chi connectivity index (χ3v) is 11.3. The maximum absolute atomic E-state index is 5.39. The molecule has 0 fully saturated rings. The number of fused-ring (bicyclic) bond motifs is 8. The SMILES string of the molecule is CC1C=CC(c2cccc(-c3nc(-c4ccccc4)nc(-n4c5ccccc5c5ccc6c7ccccc7n(-c7ccccc7)c6c54)n3)c2)=C2C=CC=CC21. The zero-order valence-electron chi connectivity index (χ0n) is 30.2. The molecule has 5 nitrogen and oxygen atoms in total. The first-order chi connectivity index (χ1) is 27.2. The monoisotopic (exact) mass is 705 g/mol. The van der Waals surface area contributed by atoms with E-state index in [0.717, 1.165) is 55.2 Å². The number of allylic oxidation sites excluding steroid dienone is 8. The van der Waals surface area contributed by atoms with Gasteiger partial charge in [0.15, 0.2) is 11.6 Å².